The van der Waals surface area contributed by atoms with Crippen molar-refractivity contribution in [3.63, 3.8) is 0 Å². The summed E-state index contributed by atoms with van der Waals surface area (Å²) < 4.78 is 22.6. The summed E-state index contributed by atoms with van der Waals surface area (Å²) in [7, 11) is -3.75. The second-order valence-corrected chi connectivity index (χ2v) is 7.69. The number of sulfonamides is 1. The van der Waals surface area contributed by atoms with E-state index in [2.05, 4.69) is 24.5 Å². The van der Waals surface area contributed by atoms with Gasteiger partial charge in [0, 0.05) is 5.69 Å². The number of urea groups is 1. The van der Waals surface area contributed by atoms with Crippen LogP contribution in [0.15, 0.2) is 59.5 Å². The highest BCUT2D eigenvalue weighted by Crippen LogP contribution is 2.27. The second kappa shape index (κ2) is 8.82. The van der Waals surface area contributed by atoms with Gasteiger partial charge in [0.05, 0.1) is 10.9 Å². The van der Waals surface area contributed by atoms with E-state index in [0.717, 1.165) is 18.4 Å². The van der Waals surface area contributed by atoms with Crippen LogP contribution in [0.1, 0.15) is 38.3 Å². The zero-order valence-electron chi connectivity index (χ0n) is 15.0. The van der Waals surface area contributed by atoms with E-state index in [1.54, 1.807) is 0 Å². The Morgan fingerprint density at radius 2 is 1.58 bits per heavy atom. The van der Waals surface area contributed by atoms with Crippen LogP contribution in [0, 0.1) is 5.92 Å². The average molecular weight is 375 g/mol. The lowest BCUT2D eigenvalue weighted by Gasteiger charge is -2.27. The first-order valence-electron chi connectivity index (χ1n) is 8.60. The van der Waals surface area contributed by atoms with Crippen LogP contribution in [0.4, 0.5) is 10.5 Å². The molecule has 0 saturated heterocycles. The minimum absolute atomic E-state index is 0.00245. The summed E-state index contributed by atoms with van der Waals surface area (Å²) in [4.78, 5) is 12.5. The van der Waals surface area contributed by atoms with E-state index in [1.807, 2.05) is 30.3 Å². The Balaban J connectivity index is 2.12. The number of rotatable bonds is 7. The number of carbonyl (C=O) groups is 1. The highest BCUT2D eigenvalue weighted by Gasteiger charge is 2.22. The van der Waals surface area contributed by atoms with Gasteiger partial charge in [-0.05, 0) is 35.7 Å². The second-order valence-electron chi connectivity index (χ2n) is 6.13. The Hall–Kier alpha value is -2.38. The number of nitrogens with one attached hydrogen (secondary N) is 2. The van der Waals surface area contributed by atoms with Gasteiger partial charge in [0.25, 0.3) is 0 Å². The zero-order valence-corrected chi connectivity index (χ0v) is 15.8. The lowest BCUT2D eigenvalue weighted by atomic mass is 9.89. The molecule has 0 aliphatic rings. The molecule has 0 fully saturated rings. The van der Waals surface area contributed by atoms with Gasteiger partial charge in [0.15, 0.2) is 0 Å². The van der Waals surface area contributed by atoms with Gasteiger partial charge in [-0.2, -0.15) is 0 Å². The molecule has 0 aliphatic heterocycles. The number of amides is 2. The Morgan fingerprint density at radius 3 is 2.08 bits per heavy atom. The molecule has 7 heteroatoms. The molecule has 0 heterocycles. The van der Waals surface area contributed by atoms with Crippen molar-refractivity contribution in [2.45, 2.75) is 37.6 Å². The molecule has 2 aromatic rings. The molecule has 2 aromatic carbocycles. The minimum atomic E-state index is -3.75. The molecular weight excluding hydrogens is 350 g/mol. The molecule has 26 heavy (non-hydrogen) atoms. The van der Waals surface area contributed by atoms with E-state index in [1.165, 1.54) is 24.3 Å². The Labute approximate surface area is 154 Å². The molecule has 140 valence electrons. The molecular formula is C19H25N3O3S. The van der Waals surface area contributed by atoms with Gasteiger partial charge in [0.2, 0.25) is 10.0 Å². The number of nitrogens with two attached hydrogens (primary N) is 1. The van der Waals surface area contributed by atoms with Gasteiger partial charge in [-0.15, -0.1) is 0 Å². The molecule has 0 bridgehead atoms. The fraction of sp³-hybridized carbons (Fsp3) is 0.316. The summed E-state index contributed by atoms with van der Waals surface area (Å²) in [5, 5.41) is 10.8. The predicted molar refractivity (Wildman–Crippen MR) is 103 cm³/mol. The van der Waals surface area contributed by atoms with Gasteiger partial charge >= 0.3 is 6.03 Å². The van der Waals surface area contributed by atoms with E-state index in [0.29, 0.717) is 11.6 Å². The van der Waals surface area contributed by atoms with Crippen LogP contribution in [0.5, 0.6) is 0 Å². The third kappa shape index (κ3) is 5.31. The van der Waals surface area contributed by atoms with Crippen molar-refractivity contribution in [1.29, 1.82) is 0 Å². The molecule has 0 aliphatic carbocycles. The molecule has 6 nitrogen and oxygen atoms in total. The van der Waals surface area contributed by atoms with Crippen molar-refractivity contribution in [2.24, 2.45) is 11.1 Å². The van der Waals surface area contributed by atoms with Crippen LogP contribution in [0.3, 0.4) is 0 Å². The Kier molecular flexibility index (Phi) is 6.76. The third-order valence-electron chi connectivity index (χ3n) is 4.41. The zero-order chi connectivity index (χ0) is 19.2. The third-order valence-corrected chi connectivity index (χ3v) is 5.34. The summed E-state index contributed by atoms with van der Waals surface area (Å²) in [6, 6.07) is 15.2. The topological polar surface area (TPSA) is 101 Å². The highest BCUT2D eigenvalue weighted by atomic mass is 32.2. The maximum absolute atomic E-state index is 12.4. The largest absolute Gasteiger partial charge is 0.331 e. The first-order valence-corrected chi connectivity index (χ1v) is 10.1. The van der Waals surface area contributed by atoms with E-state index in [-0.39, 0.29) is 17.0 Å². The molecule has 2 amide bonds. The van der Waals surface area contributed by atoms with E-state index >= 15 is 0 Å². The lowest BCUT2D eigenvalue weighted by Crippen LogP contribution is -2.36. The number of anilines is 1. The Bertz CT molecular complexity index is 817. The molecule has 0 spiro atoms. The van der Waals surface area contributed by atoms with Crippen molar-refractivity contribution < 1.29 is 13.2 Å². The van der Waals surface area contributed by atoms with E-state index in [9.17, 15) is 13.2 Å². The SMILES string of the molecule is CCC(CC)[C@H](NC(=O)Nc1ccc(S(N)(=O)=O)cc1)c1ccccc1. The van der Waals surface area contributed by atoms with Crippen molar-refractivity contribution in [3.8, 4) is 0 Å². The van der Waals surface area contributed by atoms with Crippen molar-refractivity contribution in [3.05, 3.63) is 60.2 Å². The predicted octanol–water partition coefficient (Wildman–Crippen LogP) is 3.63. The van der Waals surface area contributed by atoms with E-state index < -0.39 is 10.0 Å². The Morgan fingerprint density at radius 1 is 1.00 bits per heavy atom. The standard InChI is InChI=1S/C19H25N3O3S/c1-3-14(4-2)18(15-8-6-5-7-9-15)22-19(23)21-16-10-12-17(13-11-16)26(20,24)25/h5-14,18H,3-4H2,1-2H3,(H2,20,24,25)(H2,21,22,23)/t18-/m0/s1. The van der Waals surface area contributed by atoms with Crippen molar-refractivity contribution in [2.75, 3.05) is 5.32 Å². The normalized spacial score (nSPS) is 12.6. The highest BCUT2D eigenvalue weighted by molar-refractivity contribution is 7.89. The molecule has 0 unspecified atom stereocenters. The van der Waals surface area contributed by atoms with Crippen LogP contribution in [-0.2, 0) is 10.0 Å². The number of benzene rings is 2. The van der Waals surface area contributed by atoms with Crippen LogP contribution in [0.25, 0.3) is 0 Å². The fourth-order valence-corrected chi connectivity index (χ4v) is 3.45. The van der Waals surface area contributed by atoms with Gasteiger partial charge in [-0.3, -0.25) is 0 Å². The molecule has 2 rings (SSSR count). The lowest BCUT2D eigenvalue weighted by molar-refractivity contribution is 0.241. The first kappa shape index (κ1) is 19.9. The maximum atomic E-state index is 12.4. The number of hydrogen-bond donors (Lipinski definition) is 3. The number of carbonyl (C=O) groups excluding carboxylic acids is 1. The number of primary sulfonamides is 1. The fourth-order valence-electron chi connectivity index (χ4n) is 2.93. The van der Waals surface area contributed by atoms with Crippen LogP contribution in [-0.4, -0.2) is 14.4 Å². The molecule has 0 radical (unpaired) electrons. The average Bonchev–Trinajstić information content (AvgIpc) is 2.62. The molecule has 0 aromatic heterocycles. The smallest absolute Gasteiger partial charge is 0.319 e. The quantitative estimate of drug-likeness (QED) is 0.688. The summed E-state index contributed by atoms with van der Waals surface area (Å²) in [5.41, 5.74) is 1.55. The summed E-state index contributed by atoms with van der Waals surface area (Å²) in [5.74, 6) is 0.313. The molecule has 4 N–H and O–H groups in total. The van der Waals surface area contributed by atoms with Crippen molar-refractivity contribution in [1.82, 2.24) is 5.32 Å². The summed E-state index contributed by atoms with van der Waals surface area (Å²) >= 11 is 0. The molecule has 0 saturated carbocycles. The van der Waals surface area contributed by atoms with Crippen LogP contribution >= 0.6 is 0 Å². The van der Waals surface area contributed by atoms with Crippen molar-refractivity contribution >= 4 is 21.7 Å². The monoisotopic (exact) mass is 375 g/mol. The molecule has 1 atom stereocenters. The van der Waals surface area contributed by atoms with Crippen LogP contribution in [0.2, 0.25) is 0 Å². The van der Waals surface area contributed by atoms with Gasteiger partial charge < -0.3 is 10.6 Å². The number of hydrogen-bond acceptors (Lipinski definition) is 3. The van der Waals surface area contributed by atoms with Gasteiger partial charge in [-0.1, -0.05) is 57.0 Å². The van der Waals surface area contributed by atoms with E-state index in [4.69, 9.17) is 5.14 Å². The van der Waals surface area contributed by atoms with Gasteiger partial charge in [-0.25, -0.2) is 18.4 Å². The first-order chi connectivity index (χ1) is 12.3. The summed E-state index contributed by atoms with van der Waals surface area (Å²) in [6.45, 7) is 4.21. The maximum Gasteiger partial charge on any atom is 0.319 e. The van der Waals surface area contributed by atoms with Gasteiger partial charge in [0.1, 0.15) is 0 Å². The van der Waals surface area contributed by atoms with Crippen LogP contribution < -0.4 is 15.8 Å². The summed E-state index contributed by atoms with van der Waals surface area (Å²) in [6.07, 6.45) is 1.89. The minimum Gasteiger partial charge on any atom is -0.331 e.